The Kier molecular flexibility index (Phi) is 3.42. The van der Waals surface area contributed by atoms with E-state index in [0.29, 0.717) is 0 Å². The molecule has 0 aromatic heterocycles. The van der Waals surface area contributed by atoms with E-state index in [4.69, 9.17) is 0 Å². The number of allylic oxidation sites excluding steroid dienone is 5. The van der Waals surface area contributed by atoms with Crippen LogP contribution in [0.4, 0.5) is 0 Å². The van der Waals surface area contributed by atoms with Crippen LogP contribution in [0.3, 0.4) is 0 Å². The Bertz CT molecular complexity index is 628. The third-order valence-electron chi connectivity index (χ3n) is 3.25. The van der Waals surface area contributed by atoms with Crippen molar-refractivity contribution in [2.45, 2.75) is 6.42 Å². The van der Waals surface area contributed by atoms with Crippen LogP contribution in [0.1, 0.15) is 17.5 Å². The SMILES string of the molecule is C1=CC(c2ccccc2)=CC(=Cc2ccccc2)C1. The summed E-state index contributed by atoms with van der Waals surface area (Å²) in [7, 11) is 0. The van der Waals surface area contributed by atoms with Gasteiger partial charge in [0.25, 0.3) is 0 Å². The van der Waals surface area contributed by atoms with E-state index < -0.39 is 0 Å². The third kappa shape index (κ3) is 2.92. The lowest BCUT2D eigenvalue weighted by atomic mass is 9.95. The molecule has 0 radical (unpaired) electrons. The van der Waals surface area contributed by atoms with Crippen LogP contribution in [0.2, 0.25) is 0 Å². The molecular weight excluding hydrogens is 228 g/mol. The van der Waals surface area contributed by atoms with Crippen LogP contribution in [0.15, 0.2) is 84.5 Å². The number of hydrogen-bond donors (Lipinski definition) is 0. The molecule has 0 fully saturated rings. The number of rotatable bonds is 2. The van der Waals surface area contributed by atoms with E-state index in [-0.39, 0.29) is 0 Å². The summed E-state index contributed by atoms with van der Waals surface area (Å²) in [5, 5.41) is 0. The van der Waals surface area contributed by atoms with Crippen LogP contribution in [-0.2, 0) is 0 Å². The highest BCUT2D eigenvalue weighted by Crippen LogP contribution is 2.25. The quantitative estimate of drug-likeness (QED) is 0.688. The van der Waals surface area contributed by atoms with Gasteiger partial charge in [-0.25, -0.2) is 0 Å². The molecule has 0 atom stereocenters. The Morgan fingerprint density at radius 3 is 2.21 bits per heavy atom. The summed E-state index contributed by atoms with van der Waals surface area (Å²) in [5.74, 6) is 0. The summed E-state index contributed by atoms with van der Waals surface area (Å²) >= 11 is 0. The first-order chi connectivity index (χ1) is 9.42. The smallest absolute Gasteiger partial charge is 0.00937 e. The van der Waals surface area contributed by atoms with Gasteiger partial charge in [-0.1, -0.05) is 85.0 Å². The van der Waals surface area contributed by atoms with Crippen LogP contribution >= 0.6 is 0 Å². The molecule has 0 aliphatic heterocycles. The second-order valence-electron chi connectivity index (χ2n) is 4.70. The lowest BCUT2D eigenvalue weighted by Gasteiger charge is -2.10. The molecule has 0 spiro atoms. The van der Waals surface area contributed by atoms with Crippen molar-refractivity contribution in [2.24, 2.45) is 0 Å². The summed E-state index contributed by atoms with van der Waals surface area (Å²) in [6.45, 7) is 0. The maximum Gasteiger partial charge on any atom is -0.00937 e. The fraction of sp³-hybridized carbons (Fsp3) is 0.0526. The van der Waals surface area contributed by atoms with Crippen LogP contribution in [0.5, 0.6) is 0 Å². The van der Waals surface area contributed by atoms with E-state index in [1.165, 1.54) is 22.3 Å². The molecule has 0 unspecified atom stereocenters. The largest absolute Gasteiger partial charge is 0.0795 e. The number of benzene rings is 2. The predicted molar refractivity (Wildman–Crippen MR) is 82.6 cm³/mol. The molecule has 0 heteroatoms. The van der Waals surface area contributed by atoms with Gasteiger partial charge in [0.15, 0.2) is 0 Å². The predicted octanol–water partition coefficient (Wildman–Crippen LogP) is 5.11. The van der Waals surface area contributed by atoms with Gasteiger partial charge < -0.3 is 0 Å². The monoisotopic (exact) mass is 244 g/mol. The minimum absolute atomic E-state index is 1.01. The standard InChI is InChI=1S/C19H16/c1-3-8-16(9-4-1)14-17-10-7-13-19(15-17)18-11-5-2-6-12-18/h1-9,11-15H,10H2. The molecule has 2 aromatic carbocycles. The zero-order valence-corrected chi connectivity index (χ0v) is 10.8. The fourth-order valence-electron chi connectivity index (χ4n) is 2.30. The van der Waals surface area contributed by atoms with Gasteiger partial charge in [0.2, 0.25) is 0 Å². The zero-order chi connectivity index (χ0) is 12.9. The zero-order valence-electron chi connectivity index (χ0n) is 10.8. The van der Waals surface area contributed by atoms with Crippen LogP contribution in [0, 0.1) is 0 Å². The van der Waals surface area contributed by atoms with Gasteiger partial charge in [0.1, 0.15) is 0 Å². The summed E-state index contributed by atoms with van der Waals surface area (Å²) in [6.07, 6.45) is 9.98. The summed E-state index contributed by atoms with van der Waals surface area (Å²) < 4.78 is 0. The molecule has 0 nitrogen and oxygen atoms in total. The Morgan fingerprint density at radius 2 is 1.47 bits per heavy atom. The lowest BCUT2D eigenvalue weighted by Crippen LogP contribution is -1.88. The molecule has 0 saturated heterocycles. The Morgan fingerprint density at radius 1 is 0.789 bits per heavy atom. The average molecular weight is 244 g/mol. The Labute approximate surface area is 114 Å². The minimum atomic E-state index is 1.01. The molecule has 3 rings (SSSR count). The van der Waals surface area contributed by atoms with Crippen molar-refractivity contribution in [1.29, 1.82) is 0 Å². The number of hydrogen-bond acceptors (Lipinski definition) is 0. The fourth-order valence-corrected chi connectivity index (χ4v) is 2.30. The molecule has 0 bridgehead atoms. The van der Waals surface area contributed by atoms with Crippen LogP contribution in [0.25, 0.3) is 11.6 Å². The molecule has 2 aromatic rings. The summed E-state index contributed by atoms with van der Waals surface area (Å²) in [5.41, 5.74) is 5.18. The van der Waals surface area contributed by atoms with E-state index >= 15 is 0 Å². The molecule has 1 aliphatic rings. The van der Waals surface area contributed by atoms with E-state index in [2.05, 4.69) is 78.9 Å². The normalized spacial score (nSPS) is 16.4. The van der Waals surface area contributed by atoms with Gasteiger partial charge in [-0.3, -0.25) is 0 Å². The third-order valence-corrected chi connectivity index (χ3v) is 3.25. The Hall–Kier alpha value is -2.34. The lowest BCUT2D eigenvalue weighted by molar-refractivity contribution is 1.28. The van der Waals surface area contributed by atoms with Crippen molar-refractivity contribution < 1.29 is 0 Å². The van der Waals surface area contributed by atoms with Gasteiger partial charge in [0.05, 0.1) is 0 Å². The van der Waals surface area contributed by atoms with E-state index in [1.807, 2.05) is 6.07 Å². The van der Waals surface area contributed by atoms with E-state index in [1.54, 1.807) is 0 Å². The topological polar surface area (TPSA) is 0 Å². The molecule has 19 heavy (non-hydrogen) atoms. The minimum Gasteiger partial charge on any atom is -0.0795 e. The average Bonchev–Trinajstić information content (AvgIpc) is 2.49. The van der Waals surface area contributed by atoms with Crippen molar-refractivity contribution in [1.82, 2.24) is 0 Å². The van der Waals surface area contributed by atoms with Crippen molar-refractivity contribution in [3.63, 3.8) is 0 Å². The van der Waals surface area contributed by atoms with Gasteiger partial charge >= 0.3 is 0 Å². The van der Waals surface area contributed by atoms with Crippen molar-refractivity contribution in [2.75, 3.05) is 0 Å². The summed E-state index contributed by atoms with van der Waals surface area (Å²) in [6, 6.07) is 21.0. The van der Waals surface area contributed by atoms with E-state index in [9.17, 15) is 0 Å². The highest BCUT2D eigenvalue weighted by Gasteiger charge is 2.03. The van der Waals surface area contributed by atoms with Crippen molar-refractivity contribution in [3.8, 4) is 0 Å². The first-order valence-electron chi connectivity index (χ1n) is 6.61. The Balaban J connectivity index is 1.92. The van der Waals surface area contributed by atoms with Gasteiger partial charge in [0, 0.05) is 0 Å². The van der Waals surface area contributed by atoms with Crippen molar-refractivity contribution >= 4 is 11.6 Å². The molecule has 92 valence electrons. The molecule has 0 heterocycles. The second kappa shape index (κ2) is 5.53. The highest BCUT2D eigenvalue weighted by atomic mass is 14.1. The molecular formula is C19H16. The molecule has 0 amide bonds. The van der Waals surface area contributed by atoms with Gasteiger partial charge in [-0.15, -0.1) is 0 Å². The van der Waals surface area contributed by atoms with Crippen molar-refractivity contribution in [3.05, 3.63) is 95.6 Å². The first-order valence-corrected chi connectivity index (χ1v) is 6.61. The second-order valence-corrected chi connectivity index (χ2v) is 4.70. The molecule has 0 saturated carbocycles. The van der Waals surface area contributed by atoms with Gasteiger partial charge in [-0.05, 0) is 28.7 Å². The molecule has 0 N–H and O–H groups in total. The van der Waals surface area contributed by atoms with E-state index in [0.717, 1.165) is 6.42 Å². The maximum atomic E-state index is 2.28. The summed E-state index contributed by atoms with van der Waals surface area (Å²) in [4.78, 5) is 0. The van der Waals surface area contributed by atoms with Crippen LogP contribution < -0.4 is 0 Å². The van der Waals surface area contributed by atoms with Gasteiger partial charge in [-0.2, -0.15) is 0 Å². The maximum absolute atomic E-state index is 2.28. The highest BCUT2D eigenvalue weighted by molar-refractivity contribution is 5.79. The van der Waals surface area contributed by atoms with Crippen LogP contribution in [-0.4, -0.2) is 0 Å². The first kappa shape index (κ1) is 11.7. The molecule has 1 aliphatic carbocycles.